The molecule has 2 nitrogen and oxygen atoms in total. The van der Waals surface area contributed by atoms with E-state index in [1.807, 2.05) is 12.1 Å². The van der Waals surface area contributed by atoms with Gasteiger partial charge in [0.25, 0.3) is 0 Å². The third kappa shape index (κ3) is 4.91. The summed E-state index contributed by atoms with van der Waals surface area (Å²) < 4.78 is 5.68. The molecule has 3 aromatic rings. The molecule has 3 rings (SSSR count). The van der Waals surface area contributed by atoms with E-state index in [1.54, 1.807) is 30.3 Å². The summed E-state index contributed by atoms with van der Waals surface area (Å²) in [5.74, 6) is 0.928. The van der Waals surface area contributed by atoms with Gasteiger partial charge in [-0.25, -0.2) is 0 Å². The number of ether oxygens (including phenoxy) is 1. The highest BCUT2D eigenvalue weighted by molar-refractivity contribution is 6.35. The van der Waals surface area contributed by atoms with Crippen molar-refractivity contribution in [1.82, 2.24) is 0 Å². The van der Waals surface area contributed by atoms with Crippen molar-refractivity contribution in [2.24, 2.45) is 0 Å². The van der Waals surface area contributed by atoms with Gasteiger partial charge in [-0.05, 0) is 60.7 Å². The number of phenolic OH excluding ortho intramolecular Hbond substituents is 1. The second-order valence-electron chi connectivity index (χ2n) is 5.82. The average molecular weight is 373 g/mol. The molecule has 128 valence electrons. The fourth-order valence-corrected chi connectivity index (χ4v) is 3.07. The molecule has 0 heterocycles. The van der Waals surface area contributed by atoms with Crippen LogP contribution in [0.2, 0.25) is 10.0 Å². The van der Waals surface area contributed by atoms with Gasteiger partial charge in [0.05, 0.1) is 5.02 Å². The second kappa shape index (κ2) is 8.28. The molecule has 0 saturated carbocycles. The molecular weight excluding hydrogens is 355 g/mol. The van der Waals surface area contributed by atoms with E-state index in [1.165, 1.54) is 5.56 Å². The molecule has 0 spiro atoms. The Labute approximate surface area is 157 Å². The highest BCUT2D eigenvalue weighted by Gasteiger charge is 2.09. The van der Waals surface area contributed by atoms with E-state index in [-0.39, 0.29) is 5.75 Å². The molecule has 0 saturated heterocycles. The highest BCUT2D eigenvalue weighted by atomic mass is 35.5. The lowest BCUT2D eigenvalue weighted by Crippen LogP contribution is -1.91. The zero-order chi connectivity index (χ0) is 17.6. The Kier molecular flexibility index (Phi) is 5.85. The van der Waals surface area contributed by atoms with Crippen molar-refractivity contribution in [3.63, 3.8) is 0 Å². The molecule has 3 aromatic carbocycles. The van der Waals surface area contributed by atoms with Crippen molar-refractivity contribution in [2.75, 3.05) is 0 Å². The van der Waals surface area contributed by atoms with Crippen LogP contribution in [-0.4, -0.2) is 5.11 Å². The van der Waals surface area contributed by atoms with Gasteiger partial charge >= 0.3 is 0 Å². The minimum absolute atomic E-state index is 0.100. The van der Waals surface area contributed by atoms with Crippen molar-refractivity contribution >= 4 is 23.2 Å². The summed E-state index contributed by atoms with van der Waals surface area (Å²) in [6.45, 7) is 0. The largest absolute Gasteiger partial charge is 0.504 e. The van der Waals surface area contributed by atoms with Crippen LogP contribution in [0.5, 0.6) is 17.2 Å². The molecule has 0 radical (unpaired) electrons. The number of rotatable bonds is 6. The molecular formula is C21H18Cl2O2. The lowest BCUT2D eigenvalue weighted by molar-refractivity contribution is 0.410. The van der Waals surface area contributed by atoms with Crippen molar-refractivity contribution in [3.05, 3.63) is 87.9 Å². The molecule has 0 aliphatic rings. The van der Waals surface area contributed by atoms with E-state index >= 15 is 0 Å². The van der Waals surface area contributed by atoms with Gasteiger partial charge in [-0.1, -0.05) is 59.6 Å². The van der Waals surface area contributed by atoms with Crippen LogP contribution >= 0.6 is 23.2 Å². The first kappa shape index (κ1) is 17.7. The van der Waals surface area contributed by atoms with Gasteiger partial charge in [-0.2, -0.15) is 0 Å². The predicted octanol–water partition coefficient (Wildman–Crippen LogP) is 6.67. The minimum atomic E-state index is 0.100. The molecule has 0 fully saturated rings. The smallest absolute Gasteiger partial charge is 0.169 e. The molecule has 0 amide bonds. The fourth-order valence-electron chi connectivity index (χ4n) is 2.62. The lowest BCUT2D eigenvalue weighted by Gasteiger charge is -2.11. The van der Waals surface area contributed by atoms with Gasteiger partial charge in [0, 0.05) is 5.02 Å². The summed E-state index contributed by atoms with van der Waals surface area (Å²) >= 11 is 12.0. The first-order chi connectivity index (χ1) is 12.1. The Morgan fingerprint density at radius 2 is 1.48 bits per heavy atom. The lowest BCUT2D eigenvalue weighted by atomic mass is 10.0. The number of aryl methyl sites for hydroxylation is 2. The Bertz CT molecular complexity index is 848. The van der Waals surface area contributed by atoms with Crippen LogP contribution in [0.15, 0.2) is 66.7 Å². The second-order valence-corrected chi connectivity index (χ2v) is 6.66. The molecule has 0 aromatic heterocycles. The summed E-state index contributed by atoms with van der Waals surface area (Å²) in [6.07, 6.45) is 2.93. The Balaban J connectivity index is 1.62. The van der Waals surface area contributed by atoms with Crippen LogP contribution in [-0.2, 0) is 12.8 Å². The van der Waals surface area contributed by atoms with Gasteiger partial charge in [-0.15, -0.1) is 0 Å². The Morgan fingerprint density at radius 1 is 0.760 bits per heavy atom. The van der Waals surface area contributed by atoms with Crippen molar-refractivity contribution in [3.8, 4) is 17.2 Å². The molecule has 0 aliphatic carbocycles. The predicted molar refractivity (Wildman–Crippen MR) is 103 cm³/mol. The zero-order valence-electron chi connectivity index (χ0n) is 13.6. The maximum atomic E-state index is 10.2. The van der Waals surface area contributed by atoms with E-state index in [0.29, 0.717) is 21.5 Å². The molecule has 1 N–H and O–H groups in total. The Morgan fingerprint density at radius 3 is 2.20 bits per heavy atom. The number of halogens is 2. The first-order valence-electron chi connectivity index (χ1n) is 8.10. The fraction of sp³-hybridized carbons (Fsp3) is 0.143. The zero-order valence-corrected chi connectivity index (χ0v) is 15.1. The van der Waals surface area contributed by atoms with Gasteiger partial charge in [0.15, 0.2) is 11.5 Å². The van der Waals surface area contributed by atoms with Crippen LogP contribution in [0.4, 0.5) is 0 Å². The quantitative estimate of drug-likeness (QED) is 0.523. The standard InChI is InChI=1S/C21H18Cl2O2/c22-17-10-12-20(18(23)14-17)25-21-11-9-16(13-19(21)24)8-4-7-15-5-2-1-3-6-15/h1-3,5-6,9-14,24H,4,7-8H2. The molecule has 0 bridgehead atoms. The topological polar surface area (TPSA) is 29.5 Å². The van der Waals surface area contributed by atoms with Crippen LogP contribution in [0.3, 0.4) is 0 Å². The van der Waals surface area contributed by atoms with Gasteiger partial charge < -0.3 is 9.84 Å². The van der Waals surface area contributed by atoms with E-state index in [9.17, 15) is 5.11 Å². The summed E-state index contributed by atoms with van der Waals surface area (Å²) in [6, 6.07) is 20.8. The third-order valence-electron chi connectivity index (χ3n) is 3.91. The summed E-state index contributed by atoms with van der Waals surface area (Å²) in [5, 5.41) is 11.2. The maximum Gasteiger partial charge on any atom is 0.169 e. The molecule has 25 heavy (non-hydrogen) atoms. The molecule has 0 atom stereocenters. The monoisotopic (exact) mass is 372 g/mol. The van der Waals surface area contributed by atoms with Crippen molar-refractivity contribution in [1.29, 1.82) is 0 Å². The van der Waals surface area contributed by atoms with Crippen LogP contribution in [0, 0.1) is 0 Å². The molecule has 0 aliphatic heterocycles. The van der Waals surface area contributed by atoms with E-state index in [4.69, 9.17) is 27.9 Å². The summed E-state index contributed by atoms with van der Waals surface area (Å²) in [7, 11) is 0. The molecule has 4 heteroatoms. The number of benzene rings is 3. The van der Waals surface area contributed by atoms with Crippen molar-refractivity contribution in [2.45, 2.75) is 19.3 Å². The maximum absolute atomic E-state index is 10.2. The first-order valence-corrected chi connectivity index (χ1v) is 8.86. The van der Waals surface area contributed by atoms with Gasteiger partial charge in [0.2, 0.25) is 0 Å². The normalized spacial score (nSPS) is 10.6. The summed E-state index contributed by atoms with van der Waals surface area (Å²) in [4.78, 5) is 0. The average Bonchev–Trinajstić information content (AvgIpc) is 2.60. The number of hydrogen-bond donors (Lipinski definition) is 1. The Hall–Kier alpha value is -2.16. The van der Waals surface area contributed by atoms with Crippen LogP contribution in [0.25, 0.3) is 0 Å². The van der Waals surface area contributed by atoms with Crippen LogP contribution in [0.1, 0.15) is 17.5 Å². The SMILES string of the molecule is Oc1cc(CCCc2ccccc2)ccc1Oc1ccc(Cl)cc1Cl. The van der Waals surface area contributed by atoms with E-state index in [2.05, 4.69) is 24.3 Å². The van der Waals surface area contributed by atoms with Crippen LogP contribution < -0.4 is 4.74 Å². The highest BCUT2D eigenvalue weighted by Crippen LogP contribution is 2.36. The van der Waals surface area contributed by atoms with E-state index < -0.39 is 0 Å². The van der Waals surface area contributed by atoms with Gasteiger partial charge in [0.1, 0.15) is 5.75 Å². The summed E-state index contributed by atoms with van der Waals surface area (Å²) in [5.41, 5.74) is 2.40. The van der Waals surface area contributed by atoms with Gasteiger partial charge in [-0.3, -0.25) is 0 Å². The number of aromatic hydroxyl groups is 1. The third-order valence-corrected chi connectivity index (χ3v) is 4.44. The minimum Gasteiger partial charge on any atom is -0.504 e. The van der Waals surface area contributed by atoms with Crippen molar-refractivity contribution < 1.29 is 9.84 Å². The van der Waals surface area contributed by atoms with E-state index in [0.717, 1.165) is 24.8 Å². The molecule has 0 unspecified atom stereocenters. The number of hydrogen-bond acceptors (Lipinski definition) is 2. The number of phenols is 1.